The number of rotatable bonds is 6. The zero-order valence-electron chi connectivity index (χ0n) is 19.5. The zero-order valence-corrected chi connectivity index (χ0v) is 21.1. The molecule has 188 valence electrons. The van der Waals surface area contributed by atoms with Gasteiger partial charge < -0.3 is 23.7 Å². The van der Waals surface area contributed by atoms with Crippen molar-refractivity contribution in [2.24, 2.45) is 0 Å². The van der Waals surface area contributed by atoms with E-state index >= 15 is 0 Å². The molecule has 0 radical (unpaired) electrons. The molecule has 1 amide bonds. The molecule has 0 spiro atoms. The molecule has 0 aliphatic carbocycles. The van der Waals surface area contributed by atoms with Crippen LogP contribution in [0.2, 0.25) is 5.02 Å². The summed E-state index contributed by atoms with van der Waals surface area (Å²) in [7, 11) is 4.22. The first-order valence-corrected chi connectivity index (χ1v) is 12.0. The Kier molecular flexibility index (Phi) is 6.27. The Morgan fingerprint density at radius 1 is 1.14 bits per heavy atom. The fraction of sp³-hybridized carbons (Fsp3) is 0.292. The number of esters is 1. The molecule has 12 heteroatoms. The molecule has 2 aromatic carbocycles. The van der Waals surface area contributed by atoms with Crippen molar-refractivity contribution in [2.75, 3.05) is 33.0 Å². The smallest absolute Gasteiger partial charge is 0.325 e. The van der Waals surface area contributed by atoms with E-state index in [1.165, 1.54) is 30.8 Å². The van der Waals surface area contributed by atoms with Crippen LogP contribution in [0.4, 0.5) is 11.5 Å². The predicted molar refractivity (Wildman–Crippen MR) is 131 cm³/mol. The molecule has 0 bridgehead atoms. The first-order valence-electron chi connectivity index (χ1n) is 10.8. The minimum Gasteiger partial charge on any atom is -0.493 e. The Morgan fingerprint density at radius 2 is 1.92 bits per heavy atom. The van der Waals surface area contributed by atoms with Gasteiger partial charge in [0.1, 0.15) is 12.4 Å². The predicted octanol–water partition coefficient (Wildman–Crippen LogP) is 3.68. The molecule has 3 aromatic rings. The lowest BCUT2D eigenvalue weighted by atomic mass is 9.89. The van der Waals surface area contributed by atoms with E-state index in [0.717, 1.165) is 11.3 Å². The standard InChI is InChI=1S/C24H21ClN2O8S/c1-31-16-8-14(19(33-3)21-20(16)34-11-35-21)15-9-17(28)27(13-6-4-5-12(25)7-13)23-22(15)36-24(30)26(23)10-18(29)32-2/h4-8,15H,9-11H2,1-3H3/t15-/m0/s1. The third kappa shape index (κ3) is 3.84. The largest absolute Gasteiger partial charge is 0.493 e. The van der Waals surface area contributed by atoms with Gasteiger partial charge in [-0.2, -0.15) is 0 Å². The number of hydrogen-bond acceptors (Lipinski definition) is 9. The van der Waals surface area contributed by atoms with Gasteiger partial charge in [-0.25, -0.2) is 0 Å². The van der Waals surface area contributed by atoms with Gasteiger partial charge in [-0.1, -0.05) is 29.0 Å². The van der Waals surface area contributed by atoms with Gasteiger partial charge in [0, 0.05) is 22.9 Å². The third-order valence-electron chi connectivity index (χ3n) is 6.02. The average molecular weight is 533 g/mol. The van der Waals surface area contributed by atoms with E-state index in [9.17, 15) is 14.4 Å². The molecule has 36 heavy (non-hydrogen) atoms. The second-order valence-corrected chi connectivity index (χ2v) is 9.38. The van der Waals surface area contributed by atoms with Crippen molar-refractivity contribution < 1.29 is 33.3 Å². The van der Waals surface area contributed by atoms with Gasteiger partial charge in [-0.05, 0) is 24.3 Å². The number of methoxy groups -OCH3 is 3. The maximum Gasteiger partial charge on any atom is 0.325 e. The number of carbonyl (C=O) groups excluding carboxylic acids is 2. The molecule has 5 rings (SSSR count). The second kappa shape index (κ2) is 9.40. The number of thiazole rings is 1. The first kappa shape index (κ1) is 24.0. The van der Waals surface area contributed by atoms with Crippen LogP contribution >= 0.6 is 22.9 Å². The fourth-order valence-electron chi connectivity index (χ4n) is 4.47. The van der Waals surface area contributed by atoms with Crippen LogP contribution in [0.1, 0.15) is 22.8 Å². The van der Waals surface area contributed by atoms with Crippen molar-refractivity contribution >= 4 is 46.3 Å². The second-order valence-electron chi connectivity index (χ2n) is 7.95. The molecule has 2 aliphatic heterocycles. The van der Waals surface area contributed by atoms with Gasteiger partial charge in [-0.15, -0.1) is 0 Å². The summed E-state index contributed by atoms with van der Waals surface area (Å²) in [5.41, 5.74) is 1.06. The highest BCUT2D eigenvalue weighted by Crippen LogP contribution is 2.55. The van der Waals surface area contributed by atoms with Crippen LogP contribution in [-0.2, 0) is 20.9 Å². The Labute approximate surface area is 214 Å². The van der Waals surface area contributed by atoms with E-state index < -0.39 is 16.8 Å². The minimum absolute atomic E-state index is 0.00820. The third-order valence-corrected chi connectivity index (χ3v) is 7.34. The summed E-state index contributed by atoms with van der Waals surface area (Å²) >= 11 is 7.16. The molecular formula is C24H21ClN2O8S. The lowest BCUT2D eigenvalue weighted by Crippen LogP contribution is -2.36. The first-order chi connectivity index (χ1) is 17.4. The van der Waals surface area contributed by atoms with E-state index in [-0.39, 0.29) is 31.5 Å². The van der Waals surface area contributed by atoms with Gasteiger partial charge in [0.05, 0.1) is 31.9 Å². The molecule has 3 heterocycles. The molecule has 0 saturated carbocycles. The highest BCUT2D eigenvalue weighted by Gasteiger charge is 2.41. The Bertz CT molecular complexity index is 1430. The summed E-state index contributed by atoms with van der Waals surface area (Å²) in [5.74, 6) is 0.312. The van der Waals surface area contributed by atoms with Gasteiger partial charge in [0.15, 0.2) is 11.5 Å². The number of ether oxygens (including phenoxy) is 5. The van der Waals surface area contributed by atoms with E-state index in [4.69, 9.17) is 35.3 Å². The van der Waals surface area contributed by atoms with E-state index in [1.807, 2.05) is 0 Å². The molecule has 1 atom stereocenters. The molecular weight excluding hydrogens is 512 g/mol. The van der Waals surface area contributed by atoms with E-state index in [2.05, 4.69) is 0 Å². The molecule has 0 N–H and O–H groups in total. The van der Waals surface area contributed by atoms with Crippen LogP contribution in [0.3, 0.4) is 0 Å². The maximum atomic E-state index is 13.7. The summed E-state index contributed by atoms with van der Waals surface area (Å²) in [6.07, 6.45) is 0.0108. The summed E-state index contributed by atoms with van der Waals surface area (Å²) in [4.78, 5) is 40.6. The molecule has 2 aliphatic rings. The zero-order chi connectivity index (χ0) is 25.6. The van der Waals surface area contributed by atoms with Crippen LogP contribution in [0.25, 0.3) is 0 Å². The van der Waals surface area contributed by atoms with Crippen LogP contribution in [0.5, 0.6) is 23.0 Å². The van der Waals surface area contributed by atoms with Crippen molar-refractivity contribution in [3.63, 3.8) is 0 Å². The van der Waals surface area contributed by atoms with Crippen molar-refractivity contribution in [1.29, 1.82) is 0 Å². The summed E-state index contributed by atoms with van der Waals surface area (Å²) < 4.78 is 28.4. The number of nitrogens with zero attached hydrogens (tertiary/aromatic N) is 2. The van der Waals surface area contributed by atoms with E-state index in [1.54, 1.807) is 30.3 Å². The molecule has 0 unspecified atom stereocenters. The van der Waals surface area contributed by atoms with Gasteiger partial charge in [-0.3, -0.25) is 23.9 Å². The Balaban J connectivity index is 1.75. The summed E-state index contributed by atoms with van der Waals surface area (Å²) in [6, 6.07) is 8.44. The summed E-state index contributed by atoms with van der Waals surface area (Å²) in [5, 5.41) is 0.420. The van der Waals surface area contributed by atoms with Crippen molar-refractivity contribution in [2.45, 2.75) is 18.9 Å². The average Bonchev–Trinajstić information content (AvgIpc) is 3.48. The van der Waals surface area contributed by atoms with Crippen LogP contribution in [0, 0.1) is 0 Å². The van der Waals surface area contributed by atoms with Crippen molar-refractivity contribution in [3.05, 3.63) is 55.5 Å². The molecule has 0 fully saturated rings. The van der Waals surface area contributed by atoms with Crippen molar-refractivity contribution in [1.82, 2.24) is 4.57 Å². The lowest BCUT2D eigenvalue weighted by Gasteiger charge is -2.33. The maximum absolute atomic E-state index is 13.7. The number of halogens is 1. The highest BCUT2D eigenvalue weighted by atomic mass is 35.5. The SMILES string of the molecule is COC(=O)Cn1c2c(sc1=O)[C@H](c1cc(OC)c3c(c1OC)OCO3)CC(=O)N2c1cccc(Cl)c1. The number of aromatic nitrogens is 1. The number of benzene rings is 2. The van der Waals surface area contributed by atoms with Crippen molar-refractivity contribution in [3.8, 4) is 23.0 Å². The Morgan fingerprint density at radius 3 is 2.61 bits per heavy atom. The lowest BCUT2D eigenvalue weighted by molar-refractivity contribution is -0.141. The number of carbonyl (C=O) groups is 2. The number of anilines is 2. The van der Waals surface area contributed by atoms with Gasteiger partial charge in [0.25, 0.3) is 0 Å². The fourth-order valence-corrected chi connectivity index (χ4v) is 5.75. The minimum atomic E-state index is -0.624. The monoisotopic (exact) mass is 532 g/mol. The topological polar surface area (TPSA) is 106 Å². The normalized spacial score (nSPS) is 16.1. The highest BCUT2D eigenvalue weighted by molar-refractivity contribution is 7.10. The van der Waals surface area contributed by atoms with Gasteiger partial charge in [0.2, 0.25) is 24.2 Å². The molecule has 0 saturated heterocycles. The quantitative estimate of drug-likeness (QED) is 0.443. The van der Waals surface area contributed by atoms with Crippen LogP contribution < -0.4 is 28.7 Å². The molecule has 1 aromatic heterocycles. The van der Waals surface area contributed by atoms with Crippen LogP contribution in [0.15, 0.2) is 35.1 Å². The number of amides is 1. The Hall–Kier alpha value is -3.70. The summed E-state index contributed by atoms with van der Waals surface area (Å²) in [6.45, 7) is -0.369. The van der Waals surface area contributed by atoms with Crippen LogP contribution in [-0.4, -0.2) is 44.6 Å². The van der Waals surface area contributed by atoms with E-state index in [0.29, 0.717) is 44.1 Å². The molecule has 10 nitrogen and oxygen atoms in total. The number of hydrogen-bond donors (Lipinski definition) is 0. The van der Waals surface area contributed by atoms with Gasteiger partial charge >= 0.3 is 10.8 Å². The number of fused-ring (bicyclic) bond motifs is 2.